The Bertz CT molecular complexity index is 1330. The van der Waals surface area contributed by atoms with Gasteiger partial charge in [-0.3, -0.25) is 14.5 Å². The minimum atomic E-state index is -0.626. The second kappa shape index (κ2) is 12.7. The van der Waals surface area contributed by atoms with Gasteiger partial charge in [-0.2, -0.15) is 5.26 Å². The Morgan fingerprint density at radius 1 is 1.07 bits per heavy atom. The van der Waals surface area contributed by atoms with Crippen molar-refractivity contribution in [1.82, 2.24) is 29.6 Å². The third-order valence-electron chi connectivity index (χ3n) is 8.22. The van der Waals surface area contributed by atoms with Crippen LogP contribution in [0.1, 0.15) is 40.9 Å². The molecule has 216 valence electrons. The first-order valence-electron chi connectivity index (χ1n) is 14.3. The predicted octanol–water partition coefficient (Wildman–Crippen LogP) is 1.48. The average molecular weight is 559 g/mol. The molecule has 2 atom stereocenters. The molecule has 3 aliphatic heterocycles. The standard InChI is InChI=1S/C30H38N8O3/c1-35(2)17-23(16-31)29(40)36-12-8-24(9-13-36)34-28-15-25(32-20-33-28)30(41)38-14-10-26(27(39)19-38)37-11-7-21-5-3-4-6-22(21)18-37/h3-6,15,17,20,24,26-27,39H,7-14,18-19H2,1-2H3,(H,32,33,34)/b23-17-. The second-order valence-electron chi connectivity index (χ2n) is 11.3. The number of carbonyl (C=O) groups is 2. The maximum Gasteiger partial charge on any atom is 0.272 e. The predicted molar refractivity (Wildman–Crippen MR) is 154 cm³/mol. The van der Waals surface area contributed by atoms with Crippen molar-refractivity contribution in [2.75, 3.05) is 52.1 Å². The first-order valence-corrected chi connectivity index (χ1v) is 14.3. The SMILES string of the molecule is CN(C)/C=C(/C#N)C(=O)N1CCC(Nc2cc(C(=O)N3CCC(N4CCc5ccccc5C4)C(O)C3)ncn2)CC1. The number of β-amino-alcohol motifs (C(OH)–C–C–N with tert-alkyl or cyclic N) is 1. The number of nitrogens with one attached hydrogen (secondary N) is 1. The van der Waals surface area contributed by atoms with Gasteiger partial charge in [-0.25, -0.2) is 9.97 Å². The van der Waals surface area contributed by atoms with Crippen LogP contribution in [0.4, 0.5) is 5.82 Å². The van der Waals surface area contributed by atoms with E-state index in [4.69, 9.17) is 0 Å². The number of aromatic nitrogens is 2. The van der Waals surface area contributed by atoms with E-state index in [0.29, 0.717) is 50.4 Å². The van der Waals surface area contributed by atoms with Gasteiger partial charge in [0.15, 0.2) is 0 Å². The van der Waals surface area contributed by atoms with Gasteiger partial charge in [0, 0.05) is 77.7 Å². The Kier molecular flexibility index (Phi) is 8.81. The molecule has 2 aromatic rings. The van der Waals surface area contributed by atoms with Crippen LogP contribution in [0.25, 0.3) is 0 Å². The highest BCUT2D eigenvalue weighted by Crippen LogP contribution is 2.26. The van der Waals surface area contributed by atoms with Crippen molar-refractivity contribution in [3.05, 3.63) is 65.3 Å². The lowest BCUT2D eigenvalue weighted by atomic mass is 9.94. The zero-order valence-corrected chi connectivity index (χ0v) is 23.7. The summed E-state index contributed by atoms with van der Waals surface area (Å²) in [6, 6.07) is 12.2. The van der Waals surface area contributed by atoms with Crippen molar-refractivity contribution < 1.29 is 14.7 Å². The monoisotopic (exact) mass is 558 g/mol. The third kappa shape index (κ3) is 6.66. The van der Waals surface area contributed by atoms with Gasteiger partial charge in [-0.1, -0.05) is 24.3 Å². The minimum Gasteiger partial charge on any atom is -0.390 e. The Balaban J connectivity index is 1.14. The number of rotatable bonds is 6. The first-order chi connectivity index (χ1) is 19.8. The van der Waals surface area contributed by atoms with Crippen LogP contribution >= 0.6 is 0 Å². The maximum atomic E-state index is 13.3. The van der Waals surface area contributed by atoms with E-state index in [1.54, 1.807) is 41.1 Å². The van der Waals surface area contributed by atoms with E-state index in [1.165, 1.54) is 17.5 Å². The normalized spacial score (nSPS) is 22.0. The molecule has 1 aromatic carbocycles. The second-order valence-corrected chi connectivity index (χ2v) is 11.3. The van der Waals surface area contributed by atoms with Crippen molar-refractivity contribution in [2.24, 2.45) is 0 Å². The van der Waals surface area contributed by atoms with E-state index in [2.05, 4.69) is 44.5 Å². The van der Waals surface area contributed by atoms with Gasteiger partial charge in [0.25, 0.3) is 11.8 Å². The Morgan fingerprint density at radius 3 is 2.51 bits per heavy atom. The number of nitriles is 1. The van der Waals surface area contributed by atoms with Crippen LogP contribution in [-0.4, -0.2) is 111 Å². The summed E-state index contributed by atoms with van der Waals surface area (Å²) in [6.45, 7) is 3.61. The molecule has 3 aliphatic rings. The summed E-state index contributed by atoms with van der Waals surface area (Å²) in [6.07, 6.45) is 5.37. The molecule has 2 saturated heterocycles. The fourth-order valence-electron chi connectivity index (χ4n) is 6.04. The van der Waals surface area contributed by atoms with Crippen LogP contribution in [0, 0.1) is 11.3 Å². The molecule has 1 aromatic heterocycles. The quantitative estimate of drug-likeness (QED) is 0.400. The van der Waals surface area contributed by atoms with Crippen molar-refractivity contribution in [1.29, 1.82) is 5.26 Å². The first kappa shape index (κ1) is 28.5. The van der Waals surface area contributed by atoms with Crippen LogP contribution < -0.4 is 5.32 Å². The Hall–Kier alpha value is -4.01. The zero-order chi connectivity index (χ0) is 28.9. The number of aliphatic hydroxyl groups excluding tert-OH is 1. The average Bonchev–Trinajstić information content (AvgIpc) is 2.99. The van der Waals surface area contributed by atoms with Crippen LogP contribution in [0.5, 0.6) is 0 Å². The van der Waals surface area contributed by atoms with Gasteiger partial charge in [0.2, 0.25) is 0 Å². The lowest BCUT2D eigenvalue weighted by Gasteiger charge is -2.43. The van der Waals surface area contributed by atoms with Crippen molar-refractivity contribution in [3.8, 4) is 6.07 Å². The number of anilines is 1. The molecular weight excluding hydrogens is 520 g/mol. The fraction of sp³-hybridized carbons (Fsp3) is 0.500. The molecule has 11 heteroatoms. The van der Waals surface area contributed by atoms with E-state index >= 15 is 0 Å². The van der Waals surface area contributed by atoms with Gasteiger partial charge < -0.3 is 25.1 Å². The molecule has 0 spiro atoms. The van der Waals surface area contributed by atoms with Crippen LogP contribution in [0.3, 0.4) is 0 Å². The highest BCUT2D eigenvalue weighted by atomic mass is 16.3. The third-order valence-corrected chi connectivity index (χ3v) is 8.22. The molecule has 2 unspecified atom stereocenters. The Morgan fingerprint density at radius 2 is 1.80 bits per heavy atom. The van der Waals surface area contributed by atoms with E-state index in [9.17, 15) is 20.0 Å². The molecule has 0 radical (unpaired) electrons. The summed E-state index contributed by atoms with van der Waals surface area (Å²) in [4.78, 5) is 42.0. The summed E-state index contributed by atoms with van der Waals surface area (Å²) in [5.41, 5.74) is 3.11. The van der Waals surface area contributed by atoms with Crippen LogP contribution in [0.2, 0.25) is 0 Å². The zero-order valence-electron chi connectivity index (χ0n) is 23.7. The van der Waals surface area contributed by atoms with E-state index in [0.717, 1.165) is 19.5 Å². The number of nitrogens with zero attached hydrogens (tertiary/aromatic N) is 7. The molecule has 0 aliphatic carbocycles. The molecule has 2 amide bonds. The molecule has 11 nitrogen and oxygen atoms in total. The lowest BCUT2D eigenvalue weighted by molar-refractivity contribution is -0.127. The molecule has 41 heavy (non-hydrogen) atoms. The number of piperidine rings is 2. The van der Waals surface area contributed by atoms with Crippen molar-refractivity contribution in [3.63, 3.8) is 0 Å². The number of amides is 2. The van der Waals surface area contributed by atoms with E-state index in [1.807, 2.05) is 6.07 Å². The molecule has 2 N–H and O–H groups in total. The number of aliphatic hydroxyl groups is 1. The molecule has 4 heterocycles. The topological polar surface area (TPSA) is 129 Å². The minimum absolute atomic E-state index is 0.0235. The smallest absolute Gasteiger partial charge is 0.272 e. The summed E-state index contributed by atoms with van der Waals surface area (Å²) >= 11 is 0. The number of likely N-dealkylation sites (tertiary alicyclic amines) is 2. The van der Waals surface area contributed by atoms with Crippen molar-refractivity contribution >= 4 is 17.6 Å². The molecule has 5 rings (SSSR count). The van der Waals surface area contributed by atoms with Crippen molar-refractivity contribution in [2.45, 2.75) is 50.4 Å². The number of hydrogen-bond donors (Lipinski definition) is 2. The summed E-state index contributed by atoms with van der Waals surface area (Å²) in [5, 5.41) is 23.7. The van der Waals surface area contributed by atoms with Gasteiger partial charge in [-0.15, -0.1) is 0 Å². The van der Waals surface area contributed by atoms with Gasteiger partial charge in [0.1, 0.15) is 29.5 Å². The fourth-order valence-corrected chi connectivity index (χ4v) is 6.04. The van der Waals surface area contributed by atoms with Gasteiger partial charge in [0.05, 0.1) is 6.10 Å². The largest absolute Gasteiger partial charge is 0.390 e. The van der Waals surface area contributed by atoms with Gasteiger partial charge in [-0.05, 0) is 36.8 Å². The molecule has 0 saturated carbocycles. The van der Waals surface area contributed by atoms with E-state index < -0.39 is 6.10 Å². The lowest BCUT2D eigenvalue weighted by Crippen LogP contribution is -2.56. The summed E-state index contributed by atoms with van der Waals surface area (Å²) in [7, 11) is 3.56. The molecule has 0 bridgehead atoms. The van der Waals surface area contributed by atoms with Crippen LogP contribution in [0.15, 0.2) is 48.4 Å². The summed E-state index contributed by atoms with van der Waals surface area (Å²) < 4.78 is 0. The van der Waals surface area contributed by atoms with Gasteiger partial charge >= 0.3 is 0 Å². The summed E-state index contributed by atoms with van der Waals surface area (Å²) in [5.74, 6) is 0.0838. The number of benzene rings is 1. The van der Waals surface area contributed by atoms with E-state index in [-0.39, 0.29) is 36.0 Å². The Labute approximate surface area is 241 Å². The molecule has 2 fully saturated rings. The molecular formula is C30H38N8O3. The highest BCUT2D eigenvalue weighted by molar-refractivity contribution is 5.97. The van der Waals surface area contributed by atoms with Crippen LogP contribution in [-0.2, 0) is 17.8 Å². The highest BCUT2D eigenvalue weighted by Gasteiger charge is 2.36. The number of hydrogen-bond acceptors (Lipinski definition) is 9. The number of fused-ring (bicyclic) bond motifs is 1. The number of carbonyl (C=O) groups excluding carboxylic acids is 2. The maximum absolute atomic E-state index is 13.3.